The first kappa shape index (κ1) is 12.7. The highest BCUT2D eigenvalue weighted by Crippen LogP contribution is 2.17. The SMILES string of the molecule is CCC1NC(=O)C(C)N(Cc2ccc(C)o2)C1=O. The quantitative estimate of drug-likeness (QED) is 0.877. The van der Waals surface area contributed by atoms with Crippen LogP contribution in [0.15, 0.2) is 16.5 Å². The van der Waals surface area contributed by atoms with Crippen LogP contribution < -0.4 is 5.32 Å². The highest BCUT2D eigenvalue weighted by molar-refractivity contribution is 5.96. The van der Waals surface area contributed by atoms with Crippen LogP contribution in [0, 0.1) is 6.92 Å². The van der Waals surface area contributed by atoms with Gasteiger partial charge in [-0.15, -0.1) is 0 Å². The van der Waals surface area contributed by atoms with Crippen molar-refractivity contribution in [2.24, 2.45) is 0 Å². The summed E-state index contributed by atoms with van der Waals surface area (Å²) in [4.78, 5) is 25.5. The molecule has 1 N–H and O–H groups in total. The molecule has 2 rings (SSSR count). The van der Waals surface area contributed by atoms with Gasteiger partial charge in [0, 0.05) is 0 Å². The maximum atomic E-state index is 12.2. The van der Waals surface area contributed by atoms with E-state index in [1.165, 1.54) is 0 Å². The van der Waals surface area contributed by atoms with E-state index in [2.05, 4.69) is 5.32 Å². The molecule has 0 bridgehead atoms. The zero-order valence-electron chi connectivity index (χ0n) is 10.9. The highest BCUT2D eigenvalue weighted by atomic mass is 16.3. The molecular formula is C13H18N2O3. The Hall–Kier alpha value is -1.78. The zero-order valence-corrected chi connectivity index (χ0v) is 10.9. The van der Waals surface area contributed by atoms with Crippen LogP contribution in [0.2, 0.25) is 0 Å². The third kappa shape index (κ3) is 2.25. The molecule has 2 amide bonds. The Balaban J connectivity index is 2.17. The monoisotopic (exact) mass is 250 g/mol. The maximum Gasteiger partial charge on any atom is 0.246 e. The fourth-order valence-corrected chi connectivity index (χ4v) is 2.12. The smallest absolute Gasteiger partial charge is 0.246 e. The second kappa shape index (κ2) is 4.84. The van der Waals surface area contributed by atoms with Crippen molar-refractivity contribution in [3.63, 3.8) is 0 Å². The average Bonchev–Trinajstić information content (AvgIpc) is 2.75. The molecular weight excluding hydrogens is 232 g/mol. The molecule has 1 saturated heterocycles. The molecule has 2 heterocycles. The predicted octanol–water partition coefficient (Wildman–Crippen LogP) is 1.21. The van der Waals surface area contributed by atoms with Crippen LogP contribution in [-0.4, -0.2) is 28.8 Å². The van der Waals surface area contributed by atoms with Gasteiger partial charge in [0.15, 0.2) is 0 Å². The van der Waals surface area contributed by atoms with E-state index < -0.39 is 12.1 Å². The fourth-order valence-electron chi connectivity index (χ4n) is 2.12. The normalized spacial score (nSPS) is 24.3. The lowest BCUT2D eigenvalue weighted by molar-refractivity contribution is -0.149. The lowest BCUT2D eigenvalue weighted by Crippen LogP contribution is -2.61. The number of carbonyl (C=O) groups excluding carboxylic acids is 2. The molecule has 0 aromatic carbocycles. The van der Waals surface area contributed by atoms with Gasteiger partial charge in [0.2, 0.25) is 11.8 Å². The van der Waals surface area contributed by atoms with Crippen molar-refractivity contribution in [3.05, 3.63) is 23.7 Å². The summed E-state index contributed by atoms with van der Waals surface area (Å²) in [7, 11) is 0. The minimum absolute atomic E-state index is 0.0429. The molecule has 2 atom stereocenters. The highest BCUT2D eigenvalue weighted by Gasteiger charge is 2.37. The zero-order chi connectivity index (χ0) is 13.3. The van der Waals surface area contributed by atoms with E-state index in [-0.39, 0.29) is 11.8 Å². The molecule has 1 aromatic heterocycles. The summed E-state index contributed by atoms with van der Waals surface area (Å²) in [6.45, 7) is 5.81. The van der Waals surface area contributed by atoms with Crippen LogP contribution >= 0.6 is 0 Å². The number of rotatable bonds is 3. The van der Waals surface area contributed by atoms with Crippen molar-refractivity contribution in [1.29, 1.82) is 0 Å². The van der Waals surface area contributed by atoms with E-state index in [0.717, 1.165) is 5.76 Å². The van der Waals surface area contributed by atoms with Gasteiger partial charge < -0.3 is 14.6 Å². The Morgan fingerprint density at radius 1 is 1.39 bits per heavy atom. The third-order valence-corrected chi connectivity index (χ3v) is 3.28. The Morgan fingerprint density at radius 3 is 2.67 bits per heavy atom. The molecule has 2 unspecified atom stereocenters. The van der Waals surface area contributed by atoms with E-state index in [0.29, 0.717) is 18.7 Å². The number of nitrogens with one attached hydrogen (secondary N) is 1. The summed E-state index contributed by atoms with van der Waals surface area (Å²) in [5.74, 6) is 1.36. The number of amides is 2. The summed E-state index contributed by atoms with van der Waals surface area (Å²) in [5, 5.41) is 2.73. The predicted molar refractivity (Wildman–Crippen MR) is 65.7 cm³/mol. The molecule has 5 heteroatoms. The van der Waals surface area contributed by atoms with E-state index in [9.17, 15) is 9.59 Å². The second-order valence-electron chi connectivity index (χ2n) is 4.62. The lowest BCUT2D eigenvalue weighted by atomic mass is 10.1. The first-order valence-corrected chi connectivity index (χ1v) is 6.19. The number of aryl methyl sites for hydroxylation is 1. The number of furan rings is 1. The average molecular weight is 250 g/mol. The summed E-state index contributed by atoms with van der Waals surface area (Å²) < 4.78 is 5.46. The summed E-state index contributed by atoms with van der Waals surface area (Å²) in [5.41, 5.74) is 0. The Bertz CT molecular complexity index is 467. The van der Waals surface area contributed by atoms with Crippen LogP contribution in [0.4, 0.5) is 0 Å². The van der Waals surface area contributed by atoms with Gasteiger partial charge in [-0.05, 0) is 32.4 Å². The Morgan fingerprint density at radius 2 is 2.11 bits per heavy atom. The van der Waals surface area contributed by atoms with E-state index in [1.54, 1.807) is 11.8 Å². The van der Waals surface area contributed by atoms with Crippen molar-refractivity contribution >= 4 is 11.8 Å². The van der Waals surface area contributed by atoms with Crippen LogP contribution in [0.25, 0.3) is 0 Å². The maximum absolute atomic E-state index is 12.2. The number of carbonyl (C=O) groups is 2. The molecule has 1 fully saturated rings. The molecule has 1 aromatic rings. The lowest BCUT2D eigenvalue weighted by Gasteiger charge is -2.36. The van der Waals surface area contributed by atoms with Crippen molar-refractivity contribution in [2.75, 3.05) is 0 Å². The molecule has 0 radical (unpaired) electrons. The first-order valence-electron chi connectivity index (χ1n) is 6.19. The molecule has 18 heavy (non-hydrogen) atoms. The minimum Gasteiger partial charge on any atom is -0.464 e. The van der Waals surface area contributed by atoms with Gasteiger partial charge in [-0.25, -0.2) is 0 Å². The fraction of sp³-hybridized carbons (Fsp3) is 0.538. The van der Waals surface area contributed by atoms with E-state index in [4.69, 9.17) is 4.42 Å². The number of hydrogen-bond donors (Lipinski definition) is 1. The summed E-state index contributed by atoms with van der Waals surface area (Å²) >= 11 is 0. The standard InChI is InChI=1S/C13H18N2O3/c1-4-11-13(17)15(9(3)12(16)14-11)7-10-6-5-8(2)18-10/h5-6,9,11H,4,7H2,1-3H3,(H,14,16). The van der Waals surface area contributed by atoms with Gasteiger partial charge in [-0.2, -0.15) is 0 Å². The van der Waals surface area contributed by atoms with Gasteiger partial charge >= 0.3 is 0 Å². The Kier molecular flexibility index (Phi) is 3.41. The van der Waals surface area contributed by atoms with Gasteiger partial charge in [-0.3, -0.25) is 9.59 Å². The van der Waals surface area contributed by atoms with Crippen molar-refractivity contribution in [3.8, 4) is 0 Å². The molecule has 0 aliphatic carbocycles. The molecule has 5 nitrogen and oxygen atoms in total. The molecule has 98 valence electrons. The van der Waals surface area contributed by atoms with Gasteiger partial charge in [0.1, 0.15) is 23.6 Å². The minimum atomic E-state index is -0.453. The number of nitrogens with zero attached hydrogens (tertiary/aromatic N) is 1. The Labute approximate surface area is 106 Å². The van der Waals surface area contributed by atoms with Crippen LogP contribution in [0.1, 0.15) is 31.8 Å². The number of hydrogen-bond acceptors (Lipinski definition) is 3. The van der Waals surface area contributed by atoms with Gasteiger partial charge in [-0.1, -0.05) is 6.92 Å². The van der Waals surface area contributed by atoms with Crippen LogP contribution in [-0.2, 0) is 16.1 Å². The van der Waals surface area contributed by atoms with Crippen molar-refractivity contribution in [2.45, 2.75) is 45.8 Å². The third-order valence-electron chi connectivity index (χ3n) is 3.28. The molecule has 1 aliphatic rings. The van der Waals surface area contributed by atoms with Gasteiger partial charge in [0.05, 0.1) is 6.54 Å². The van der Waals surface area contributed by atoms with Gasteiger partial charge in [0.25, 0.3) is 0 Å². The molecule has 0 saturated carbocycles. The second-order valence-corrected chi connectivity index (χ2v) is 4.62. The topological polar surface area (TPSA) is 62.6 Å². The van der Waals surface area contributed by atoms with E-state index >= 15 is 0 Å². The van der Waals surface area contributed by atoms with Crippen LogP contribution in [0.3, 0.4) is 0 Å². The van der Waals surface area contributed by atoms with Crippen molar-refractivity contribution in [1.82, 2.24) is 10.2 Å². The number of piperazine rings is 1. The molecule has 1 aliphatic heterocycles. The summed E-state index contributed by atoms with van der Waals surface area (Å²) in [6, 6.07) is 2.82. The molecule has 0 spiro atoms. The largest absolute Gasteiger partial charge is 0.464 e. The summed E-state index contributed by atoms with van der Waals surface area (Å²) in [6.07, 6.45) is 0.602. The van der Waals surface area contributed by atoms with Crippen molar-refractivity contribution < 1.29 is 14.0 Å². The van der Waals surface area contributed by atoms with Crippen LogP contribution in [0.5, 0.6) is 0 Å². The van der Waals surface area contributed by atoms with E-state index in [1.807, 2.05) is 26.0 Å². The first-order chi connectivity index (χ1) is 8.52.